The quantitative estimate of drug-likeness (QED) is 0.220. The van der Waals surface area contributed by atoms with E-state index in [0.29, 0.717) is 10.6 Å². The molecule has 0 radical (unpaired) electrons. The fraction of sp³-hybridized carbons (Fsp3) is 0.0882. The summed E-state index contributed by atoms with van der Waals surface area (Å²) in [5.74, 6) is 0.107. The average Bonchev–Trinajstić information content (AvgIpc) is 3.17. The third kappa shape index (κ3) is 4.95. The van der Waals surface area contributed by atoms with Gasteiger partial charge in [-0.25, -0.2) is 4.98 Å². The monoisotopic (exact) mass is 523 g/mol. The number of para-hydroxylation sites is 2. The van der Waals surface area contributed by atoms with Crippen LogP contribution in [0.2, 0.25) is 0 Å². The van der Waals surface area contributed by atoms with Crippen LogP contribution in [0.3, 0.4) is 0 Å². The van der Waals surface area contributed by atoms with Gasteiger partial charge in [-0.15, -0.1) is 0 Å². The second-order valence-corrected chi connectivity index (χ2v) is 10.3. The molecular formula is C34H25N3OS. The van der Waals surface area contributed by atoms with E-state index in [9.17, 15) is 10.1 Å². The second-order valence-electron chi connectivity index (χ2n) is 9.35. The molecule has 6 rings (SSSR count). The van der Waals surface area contributed by atoms with Crippen LogP contribution in [0.25, 0.3) is 22.4 Å². The Morgan fingerprint density at radius 1 is 0.769 bits per heavy atom. The van der Waals surface area contributed by atoms with Crippen LogP contribution in [0.15, 0.2) is 120 Å². The van der Waals surface area contributed by atoms with Crippen LogP contribution in [-0.2, 0) is 17.6 Å². The van der Waals surface area contributed by atoms with E-state index in [4.69, 9.17) is 4.98 Å². The molecule has 1 amide bonds. The van der Waals surface area contributed by atoms with Gasteiger partial charge in [0.25, 0.3) is 0 Å². The van der Waals surface area contributed by atoms with Crippen LogP contribution in [0.1, 0.15) is 16.7 Å². The van der Waals surface area contributed by atoms with E-state index < -0.39 is 0 Å². The van der Waals surface area contributed by atoms with Crippen molar-refractivity contribution in [1.29, 1.82) is 5.26 Å². The fourth-order valence-corrected chi connectivity index (χ4v) is 5.93. The van der Waals surface area contributed by atoms with Crippen molar-refractivity contribution in [3.63, 3.8) is 0 Å². The number of carbonyl (C=O) groups excluding carboxylic acids is 1. The van der Waals surface area contributed by atoms with Gasteiger partial charge in [0.15, 0.2) is 0 Å². The molecule has 4 nitrogen and oxygen atoms in total. The van der Waals surface area contributed by atoms with Gasteiger partial charge in [-0.3, -0.25) is 9.69 Å². The van der Waals surface area contributed by atoms with E-state index >= 15 is 0 Å². The average molecular weight is 524 g/mol. The third-order valence-corrected chi connectivity index (χ3v) is 7.92. The van der Waals surface area contributed by atoms with Crippen molar-refractivity contribution in [2.75, 3.05) is 10.7 Å². The molecule has 2 heterocycles. The fourth-order valence-electron chi connectivity index (χ4n) is 5.08. The molecule has 5 heteroatoms. The van der Waals surface area contributed by atoms with Crippen molar-refractivity contribution in [2.45, 2.75) is 17.9 Å². The number of aryl methyl sites for hydroxylation is 2. The summed E-state index contributed by atoms with van der Waals surface area (Å²) >= 11 is 1.32. The zero-order valence-corrected chi connectivity index (χ0v) is 22.1. The van der Waals surface area contributed by atoms with Crippen molar-refractivity contribution in [3.8, 4) is 28.5 Å². The van der Waals surface area contributed by atoms with Crippen molar-refractivity contribution >= 4 is 29.0 Å². The maximum Gasteiger partial charge on any atom is 0.241 e. The van der Waals surface area contributed by atoms with Gasteiger partial charge in [0.1, 0.15) is 11.1 Å². The first-order valence-corrected chi connectivity index (χ1v) is 13.9. The van der Waals surface area contributed by atoms with Gasteiger partial charge in [-0.05, 0) is 47.7 Å². The smallest absolute Gasteiger partial charge is 0.241 e. The minimum atomic E-state index is -0.0427. The number of nitriles is 1. The number of carbonyl (C=O) groups is 1. The molecule has 1 aliphatic rings. The van der Waals surface area contributed by atoms with Gasteiger partial charge in [-0.2, -0.15) is 5.26 Å². The lowest BCUT2D eigenvalue weighted by Crippen LogP contribution is -2.28. The van der Waals surface area contributed by atoms with Gasteiger partial charge in [0, 0.05) is 11.1 Å². The first-order chi connectivity index (χ1) is 19.2. The third-order valence-electron chi connectivity index (χ3n) is 6.96. The second kappa shape index (κ2) is 11.0. The van der Waals surface area contributed by atoms with Crippen LogP contribution < -0.4 is 4.90 Å². The molecule has 5 aromatic rings. The summed E-state index contributed by atoms with van der Waals surface area (Å²) in [6, 6.07) is 40.4. The molecule has 0 spiro atoms. The Labute approximate surface area is 232 Å². The molecule has 0 N–H and O–H groups in total. The predicted molar refractivity (Wildman–Crippen MR) is 158 cm³/mol. The number of nitrogens with zero attached hydrogens (tertiary/aromatic N) is 3. The van der Waals surface area contributed by atoms with Crippen molar-refractivity contribution in [3.05, 3.63) is 132 Å². The first kappa shape index (κ1) is 24.7. The highest BCUT2D eigenvalue weighted by Gasteiger charge is 2.26. The molecule has 188 valence electrons. The van der Waals surface area contributed by atoms with E-state index in [0.717, 1.165) is 57.7 Å². The highest BCUT2D eigenvalue weighted by molar-refractivity contribution is 8.00. The highest BCUT2D eigenvalue weighted by atomic mass is 32.2. The van der Waals surface area contributed by atoms with Crippen LogP contribution in [0.5, 0.6) is 0 Å². The van der Waals surface area contributed by atoms with Gasteiger partial charge in [0.2, 0.25) is 5.91 Å². The van der Waals surface area contributed by atoms with Crippen LogP contribution in [0.4, 0.5) is 11.4 Å². The van der Waals surface area contributed by atoms with E-state index in [1.165, 1.54) is 11.8 Å². The van der Waals surface area contributed by atoms with Crippen molar-refractivity contribution in [1.82, 2.24) is 4.98 Å². The Hall–Kier alpha value is -4.66. The topological polar surface area (TPSA) is 57.0 Å². The van der Waals surface area contributed by atoms with Crippen molar-refractivity contribution in [2.24, 2.45) is 0 Å². The molecular weight excluding hydrogens is 498 g/mol. The Balaban J connectivity index is 1.40. The number of amides is 1. The summed E-state index contributed by atoms with van der Waals surface area (Å²) in [6.07, 6.45) is 1.76. The van der Waals surface area contributed by atoms with Crippen LogP contribution in [-0.4, -0.2) is 16.6 Å². The maximum absolute atomic E-state index is 14.0. The van der Waals surface area contributed by atoms with Crippen LogP contribution in [0, 0.1) is 11.3 Å². The zero-order valence-electron chi connectivity index (χ0n) is 21.2. The number of thioether (sulfide) groups is 1. The Morgan fingerprint density at radius 2 is 1.31 bits per heavy atom. The van der Waals surface area contributed by atoms with Crippen LogP contribution >= 0.6 is 11.8 Å². The number of hydrogen-bond donors (Lipinski definition) is 0. The molecule has 0 bridgehead atoms. The minimum Gasteiger partial charge on any atom is -0.280 e. The maximum atomic E-state index is 14.0. The molecule has 0 fully saturated rings. The molecule has 0 aliphatic carbocycles. The van der Waals surface area contributed by atoms with E-state index in [2.05, 4.69) is 18.2 Å². The number of aromatic nitrogens is 1. The molecule has 0 unspecified atom stereocenters. The Morgan fingerprint density at radius 3 is 1.90 bits per heavy atom. The number of fused-ring (bicyclic) bond motifs is 2. The SMILES string of the molecule is N#Cc1c(-c2ccccc2)cc(-c2ccccc2)nc1SCC(=O)N1c2ccccc2CCc2ccccc21. The number of hydrogen-bond acceptors (Lipinski definition) is 4. The summed E-state index contributed by atoms with van der Waals surface area (Å²) in [6.45, 7) is 0. The lowest BCUT2D eigenvalue weighted by molar-refractivity contribution is -0.115. The molecule has 1 aromatic heterocycles. The van der Waals surface area contributed by atoms with Gasteiger partial charge in [0.05, 0.1) is 28.4 Å². The molecule has 0 atom stereocenters. The summed E-state index contributed by atoms with van der Waals surface area (Å²) in [5.41, 5.74) is 8.12. The largest absolute Gasteiger partial charge is 0.280 e. The predicted octanol–water partition coefficient (Wildman–Crippen LogP) is 7.84. The van der Waals surface area contributed by atoms with Gasteiger partial charge < -0.3 is 0 Å². The number of anilines is 2. The number of pyridine rings is 1. The summed E-state index contributed by atoms with van der Waals surface area (Å²) in [4.78, 5) is 20.7. The molecule has 39 heavy (non-hydrogen) atoms. The number of rotatable bonds is 5. The summed E-state index contributed by atoms with van der Waals surface area (Å²) in [5, 5.41) is 10.8. The van der Waals surface area contributed by atoms with E-state index in [1.54, 1.807) is 0 Å². The Kier molecular flexibility index (Phi) is 6.95. The molecule has 1 aliphatic heterocycles. The van der Waals surface area contributed by atoms with Gasteiger partial charge >= 0.3 is 0 Å². The molecule has 4 aromatic carbocycles. The zero-order chi connectivity index (χ0) is 26.6. The van der Waals surface area contributed by atoms with Gasteiger partial charge in [-0.1, -0.05) is 109 Å². The normalized spacial score (nSPS) is 12.1. The Bertz CT molecular complexity index is 1650. The van der Waals surface area contributed by atoms with E-state index in [-0.39, 0.29) is 11.7 Å². The molecule has 0 saturated carbocycles. The summed E-state index contributed by atoms with van der Waals surface area (Å²) < 4.78 is 0. The summed E-state index contributed by atoms with van der Waals surface area (Å²) in [7, 11) is 0. The standard InChI is InChI=1S/C34H25N3OS/c35-22-29-28(24-11-3-1-4-12-24)21-30(25-13-5-2-6-14-25)36-34(29)39-23-33(38)37-31-17-9-7-15-26(31)19-20-27-16-8-10-18-32(27)37/h1-18,21H,19-20,23H2. The molecule has 0 saturated heterocycles. The first-order valence-electron chi connectivity index (χ1n) is 12.9. The highest BCUT2D eigenvalue weighted by Crippen LogP contribution is 2.38. The lowest BCUT2D eigenvalue weighted by Gasteiger charge is -2.25. The number of benzene rings is 4. The minimum absolute atomic E-state index is 0.0427. The lowest BCUT2D eigenvalue weighted by atomic mass is 9.99. The van der Waals surface area contributed by atoms with E-state index in [1.807, 2.05) is 108 Å². The van der Waals surface area contributed by atoms with Crippen molar-refractivity contribution < 1.29 is 4.79 Å².